The average molecular weight is 302 g/mol. The first-order valence-corrected chi connectivity index (χ1v) is 9.86. The van der Waals surface area contributed by atoms with Crippen molar-refractivity contribution in [1.82, 2.24) is 0 Å². The Labute approximate surface area is 138 Å². The molecule has 0 radical (unpaired) electrons. The topological polar surface area (TPSA) is 23.8 Å². The maximum absolute atomic E-state index is 8.50. The number of nitrogens with zero attached hydrogens (tertiary/aromatic N) is 1. The third kappa shape index (κ3) is 6.15. The van der Waals surface area contributed by atoms with Gasteiger partial charge in [0.05, 0.1) is 6.07 Å². The monoisotopic (exact) mass is 301 g/mol. The molecule has 2 aliphatic carbocycles. The highest BCUT2D eigenvalue weighted by Gasteiger charge is 2.24. The summed E-state index contributed by atoms with van der Waals surface area (Å²) in [5, 5.41) is 8.50. The van der Waals surface area contributed by atoms with E-state index < -0.39 is 0 Å². The molecule has 0 N–H and O–H groups in total. The largest absolute Gasteiger partial charge is 0.193 e. The number of rotatable bonds is 7. The number of hydrogen-bond acceptors (Lipinski definition) is 1. The average Bonchev–Trinajstić information content (AvgIpc) is 2.58. The van der Waals surface area contributed by atoms with Crippen molar-refractivity contribution in [2.75, 3.05) is 0 Å². The van der Waals surface area contributed by atoms with Gasteiger partial charge in [0, 0.05) is 6.08 Å². The maximum atomic E-state index is 8.50. The van der Waals surface area contributed by atoms with Gasteiger partial charge in [-0.2, -0.15) is 5.26 Å². The molecule has 2 saturated carbocycles. The van der Waals surface area contributed by atoms with Crippen molar-refractivity contribution >= 4 is 0 Å². The van der Waals surface area contributed by atoms with E-state index in [1.54, 1.807) is 6.08 Å². The Hall–Kier alpha value is -0.770. The summed E-state index contributed by atoms with van der Waals surface area (Å²) in [4.78, 5) is 0. The predicted molar refractivity (Wildman–Crippen MR) is 94.4 cm³/mol. The van der Waals surface area contributed by atoms with Crippen molar-refractivity contribution in [3.8, 4) is 6.07 Å². The highest BCUT2D eigenvalue weighted by atomic mass is 14.3. The molecular formula is C21H35N. The minimum absolute atomic E-state index is 0.930. The lowest BCUT2D eigenvalue weighted by Gasteiger charge is -2.31. The Morgan fingerprint density at radius 2 is 1.23 bits per heavy atom. The summed E-state index contributed by atoms with van der Waals surface area (Å²) in [5.41, 5.74) is 0. The molecule has 0 unspecified atom stereocenters. The molecule has 1 nitrogen and oxygen atoms in total. The molecule has 0 bridgehead atoms. The van der Waals surface area contributed by atoms with E-state index in [0.717, 1.165) is 30.1 Å². The Kier molecular flexibility index (Phi) is 8.06. The van der Waals surface area contributed by atoms with E-state index in [1.165, 1.54) is 77.0 Å². The Balaban J connectivity index is 1.54. The molecule has 0 heterocycles. The predicted octanol–water partition coefficient (Wildman–Crippen LogP) is 6.65. The standard InChI is InChI=1S/C21H35N/c1-2-18-7-9-20(10-8-18)15-16-21-13-11-19(12-14-21)6-4-3-5-17-22/h3,5,18-21H,2,4,6-16H2,1H3/t18-,19?,20-,21?. The van der Waals surface area contributed by atoms with Gasteiger partial charge in [-0.1, -0.05) is 83.6 Å². The lowest BCUT2D eigenvalue weighted by atomic mass is 9.74. The Bertz CT molecular complexity index is 349. The molecule has 0 saturated heterocycles. The highest BCUT2D eigenvalue weighted by Crippen LogP contribution is 2.38. The van der Waals surface area contributed by atoms with E-state index in [-0.39, 0.29) is 0 Å². The molecule has 2 aliphatic rings. The van der Waals surface area contributed by atoms with Gasteiger partial charge >= 0.3 is 0 Å². The van der Waals surface area contributed by atoms with Crippen LogP contribution in [0.5, 0.6) is 0 Å². The zero-order valence-electron chi connectivity index (χ0n) is 14.6. The molecule has 0 aromatic heterocycles. The zero-order chi connectivity index (χ0) is 15.6. The van der Waals surface area contributed by atoms with Gasteiger partial charge < -0.3 is 0 Å². The molecule has 2 rings (SSSR count). The second kappa shape index (κ2) is 10.1. The van der Waals surface area contributed by atoms with E-state index in [0.29, 0.717) is 0 Å². The van der Waals surface area contributed by atoms with Gasteiger partial charge in [-0.05, 0) is 36.5 Å². The number of allylic oxidation sites excluding steroid dienone is 2. The molecule has 124 valence electrons. The van der Waals surface area contributed by atoms with Crippen LogP contribution in [0.15, 0.2) is 12.2 Å². The van der Waals surface area contributed by atoms with Crippen molar-refractivity contribution in [3.63, 3.8) is 0 Å². The van der Waals surface area contributed by atoms with Gasteiger partial charge in [0.2, 0.25) is 0 Å². The summed E-state index contributed by atoms with van der Waals surface area (Å²) in [6.45, 7) is 2.36. The summed E-state index contributed by atoms with van der Waals surface area (Å²) in [6.07, 6.45) is 22.3. The quantitative estimate of drug-likeness (QED) is 0.483. The summed E-state index contributed by atoms with van der Waals surface area (Å²) >= 11 is 0. The van der Waals surface area contributed by atoms with Crippen LogP contribution in [0.25, 0.3) is 0 Å². The van der Waals surface area contributed by atoms with Crippen molar-refractivity contribution in [2.24, 2.45) is 23.7 Å². The molecule has 22 heavy (non-hydrogen) atoms. The van der Waals surface area contributed by atoms with Crippen LogP contribution in [0.2, 0.25) is 0 Å². The second-order valence-corrected chi connectivity index (χ2v) is 7.87. The van der Waals surface area contributed by atoms with Crippen LogP contribution in [0.1, 0.15) is 90.4 Å². The molecule has 0 aliphatic heterocycles. The van der Waals surface area contributed by atoms with Crippen LogP contribution in [0.3, 0.4) is 0 Å². The van der Waals surface area contributed by atoms with E-state index >= 15 is 0 Å². The molecule has 0 aromatic rings. The molecule has 0 amide bonds. The van der Waals surface area contributed by atoms with Crippen LogP contribution in [-0.2, 0) is 0 Å². The van der Waals surface area contributed by atoms with Crippen molar-refractivity contribution in [2.45, 2.75) is 90.4 Å². The third-order valence-corrected chi connectivity index (χ3v) is 6.43. The number of nitriles is 1. The fraction of sp³-hybridized carbons (Fsp3) is 0.857. The SMILES string of the molecule is CC[C@H]1CC[C@H](CCC2CCC(CCC=CC#N)CC2)CC1. The Morgan fingerprint density at radius 1 is 0.773 bits per heavy atom. The first-order valence-electron chi connectivity index (χ1n) is 9.86. The van der Waals surface area contributed by atoms with Gasteiger partial charge in [0.25, 0.3) is 0 Å². The van der Waals surface area contributed by atoms with Crippen LogP contribution < -0.4 is 0 Å². The summed E-state index contributed by atoms with van der Waals surface area (Å²) in [5.74, 6) is 4.05. The summed E-state index contributed by atoms with van der Waals surface area (Å²) in [7, 11) is 0. The molecule has 0 spiro atoms. The molecule has 1 heteroatoms. The van der Waals surface area contributed by atoms with E-state index in [9.17, 15) is 0 Å². The zero-order valence-corrected chi connectivity index (χ0v) is 14.6. The van der Waals surface area contributed by atoms with Crippen LogP contribution >= 0.6 is 0 Å². The molecular weight excluding hydrogens is 266 g/mol. The lowest BCUT2D eigenvalue weighted by Crippen LogP contribution is -2.18. The highest BCUT2D eigenvalue weighted by molar-refractivity contribution is 5.01. The van der Waals surface area contributed by atoms with Gasteiger partial charge in [0.15, 0.2) is 0 Å². The fourth-order valence-corrected chi connectivity index (χ4v) is 4.68. The number of hydrogen-bond donors (Lipinski definition) is 0. The normalized spacial score (nSPS) is 32.9. The second-order valence-electron chi connectivity index (χ2n) is 7.87. The van der Waals surface area contributed by atoms with Crippen LogP contribution in [0, 0.1) is 35.0 Å². The third-order valence-electron chi connectivity index (χ3n) is 6.43. The summed E-state index contributed by atoms with van der Waals surface area (Å²) in [6, 6.07) is 2.09. The molecule has 2 fully saturated rings. The van der Waals surface area contributed by atoms with Gasteiger partial charge in [-0.3, -0.25) is 0 Å². The first kappa shape index (κ1) is 17.6. The van der Waals surface area contributed by atoms with Crippen molar-refractivity contribution in [1.29, 1.82) is 5.26 Å². The molecule has 0 atom stereocenters. The summed E-state index contributed by atoms with van der Waals surface area (Å²) < 4.78 is 0. The van der Waals surface area contributed by atoms with E-state index in [2.05, 4.69) is 13.0 Å². The maximum Gasteiger partial charge on any atom is 0.0908 e. The van der Waals surface area contributed by atoms with Gasteiger partial charge in [-0.25, -0.2) is 0 Å². The Morgan fingerprint density at radius 3 is 1.68 bits per heavy atom. The van der Waals surface area contributed by atoms with E-state index in [1.807, 2.05) is 6.08 Å². The van der Waals surface area contributed by atoms with E-state index in [4.69, 9.17) is 5.26 Å². The van der Waals surface area contributed by atoms with Gasteiger partial charge in [-0.15, -0.1) is 0 Å². The van der Waals surface area contributed by atoms with Gasteiger partial charge in [0.1, 0.15) is 0 Å². The van der Waals surface area contributed by atoms with Crippen LogP contribution in [0.4, 0.5) is 0 Å². The first-order chi connectivity index (χ1) is 10.8. The smallest absolute Gasteiger partial charge is 0.0908 e. The fourth-order valence-electron chi connectivity index (χ4n) is 4.68. The minimum atomic E-state index is 0.930. The molecule has 0 aromatic carbocycles. The lowest BCUT2D eigenvalue weighted by molar-refractivity contribution is 0.212. The van der Waals surface area contributed by atoms with Crippen molar-refractivity contribution < 1.29 is 0 Å². The van der Waals surface area contributed by atoms with Crippen LogP contribution in [-0.4, -0.2) is 0 Å². The van der Waals surface area contributed by atoms with Crippen molar-refractivity contribution in [3.05, 3.63) is 12.2 Å². The minimum Gasteiger partial charge on any atom is -0.193 e.